The van der Waals surface area contributed by atoms with Crippen LogP contribution in [0, 0.1) is 6.92 Å². The first-order chi connectivity index (χ1) is 9.70. The molecule has 0 unspecified atom stereocenters. The normalized spacial score (nSPS) is 13.2. The Morgan fingerprint density at radius 3 is 2.80 bits per heavy atom. The molecule has 0 spiro atoms. The number of nitrogens with zero attached hydrogens (tertiary/aromatic N) is 1. The van der Waals surface area contributed by atoms with Crippen molar-refractivity contribution in [2.45, 2.75) is 13.3 Å². The molecule has 0 atom stereocenters. The first-order valence-corrected chi connectivity index (χ1v) is 6.75. The van der Waals surface area contributed by atoms with Crippen LogP contribution in [-0.2, 0) is 6.42 Å². The van der Waals surface area contributed by atoms with E-state index in [2.05, 4.69) is 6.07 Å². The molecule has 1 amide bonds. The average Bonchev–Trinajstić information content (AvgIpc) is 2.90. The molecule has 20 heavy (non-hydrogen) atoms. The van der Waals surface area contributed by atoms with Crippen molar-refractivity contribution < 1.29 is 9.53 Å². The SMILES string of the molecule is COc1ccc(C)cc1C(=O)N1CCc2ccccc21. The van der Waals surface area contributed by atoms with Gasteiger partial charge in [0.25, 0.3) is 5.91 Å². The van der Waals surface area contributed by atoms with Gasteiger partial charge in [-0.15, -0.1) is 0 Å². The highest BCUT2D eigenvalue weighted by molar-refractivity contribution is 6.09. The Kier molecular flexibility index (Phi) is 3.18. The molecular formula is C17H17NO2. The fraction of sp³-hybridized carbons (Fsp3) is 0.235. The van der Waals surface area contributed by atoms with Gasteiger partial charge in [-0.2, -0.15) is 0 Å². The summed E-state index contributed by atoms with van der Waals surface area (Å²) >= 11 is 0. The van der Waals surface area contributed by atoms with Gasteiger partial charge in [0, 0.05) is 12.2 Å². The van der Waals surface area contributed by atoms with Gasteiger partial charge in [0.2, 0.25) is 0 Å². The lowest BCUT2D eigenvalue weighted by atomic mass is 10.1. The van der Waals surface area contributed by atoms with Crippen LogP contribution < -0.4 is 9.64 Å². The van der Waals surface area contributed by atoms with E-state index in [-0.39, 0.29) is 5.91 Å². The van der Waals surface area contributed by atoms with Gasteiger partial charge in [0.15, 0.2) is 0 Å². The van der Waals surface area contributed by atoms with Crippen molar-refractivity contribution >= 4 is 11.6 Å². The lowest BCUT2D eigenvalue weighted by Crippen LogP contribution is -2.29. The highest BCUT2D eigenvalue weighted by Gasteiger charge is 2.26. The molecule has 1 heterocycles. The van der Waals surface area contributed by atoms with Gasteiger partial charge < -0.3 is 9.64 Å². The van der Waals surface area contributed by atoms with Gasteiger partial charge in [-0.1, -0.05) is 29.8 Å². The molecule has 3 rings (SSSR count). The highest BCUT2D eigenvalue weighted by Crippen LogP contribution is 2.31. The third kappa shape index (κ3) is 2.05. The number of aryl methyl sites for hydroxylation is 1. The number of rotatable bonds is 2. The van der Waals surface area contributed by atoms with Crippen LogP contribution in [0.15, 0.2) is 42.5 Å². The van der Waals surface area contributed by atoms with Crippen LogP contribution in [0.3, 0.4) is 0 Å². The van der Waals surface area contributed by atoms with Gasteiger partial charge in [-0.3, -0.25) is 4.79 Å². The van der Waals surface area contributed by atoms with Crippen molar-refractivity contribution in [2.75, 3.05) is 18.6 Å². The number of anilines is 1. The zero-order valence-electron chi connectivity index (χ0n) is 11.7. The molecule has 3 nitrogen and oxygen atoms in total. The average molecular weight is 267 g/mol. The topological polar surface area (TPSA) is 29.5 Å². The standard InChI is InChI=1S/C17H17NO2/c1-12-7-8-16(20-2)14(11-12)17(19)18-10-9-13-5-3-4-6-15(13)18/h3-8,11H,9-10H2,1-2H3. The minimum Gasteiger partial charge on any atom is -0.496 e. The van der Waals surface area contributed by atoms with Crippen molar-refractivity contribution in [3.63, 3.8) is 0 Å². The highest BCUT2D eigenvalue weighted by atomic mass is 16.5. The van der Waals surface area contributed by atoms with E-state index in [1.165, 1.54) is 5.56 Å². The second kappa shape index (κ2) is 5.00. The summed E-state index contributed by atoms with van der Waals surface area (Å²) < 4.78 is 5.32. The van der Waals surface area contributed by atoms with E-state index in [9.17, 15) is 4.79 Å². The van der Waals surface area contributed by atoms with E-state index >= 15 is 0 Å². The summed E-state index contributed by atoms with van der Waals surface area (Å²) in [6.45, 7) is 2.71. The lowest BCUT2D eigenvalue weighted by Gasteiger charge is -2.19. The van der Waals surface area contributed by atoms with E-state index in [0.717, 1.165) is 24.2 Å². The number of hydrogen-bond donors (Lipinski definition) is 0. The summed E-state index contributed by atoms with van der Waals surface area (Å²) in [5, 5.41) is 0. The Morgan fingerprint density at radius 1 is 1.20 bits per heavy atom. The molecule has 2 aromatic carbocycles. The molecule has 3 heteroatoms. The van der Waals surface area contributed by atoms with Gasteiger partial charge in [0.1, 0.15) is 5.75 Å². The van der Waals surface area contributed by atoms with Gasteiger partial charge in [-0.25, -0.2) is 0 Å². The zero-order valence-corrected chi connectivity index (χ0v) is 11.7. The van der Waals surface area contributed by atoms with E-state index in [4.69, 9.17) is 4.74 Å². The molecular weight excluding hydrogens is 250 g/mol. The Bertz CT molecular complexity index is 664. The summed E-state index contributed by atoms with van der Waals surface area (Å²) in [5.41, 5.74) is 3.93. The van der Waals surface area contributed by atoms with Crippen LogP contribution in [0.25, 0.3) is 0 Å². The number of para-hydroxylation sites is 1. The number of methoxy groups -OCH3 is 1. The minimum atomic E-state index is 0.00972. The number of ether oxygens (including phenoxy) is 1. The predicted octanol–water partition coefficient (Wildman–Crippen LogP) is 3.21. The Morgan fingerprint density at radius 2 is 2.00 bits per heavy atom. The molecule has 1 aliphatic heterocycles. The van der Waals surface area contributed by atoms with Crippen LogP contribution in [-0.4, -0.2) is 19.6 Å². The van der Waals surface area contributed by atoms with Crippen LogP contribution >= 0.6 is 0 Å². The fourth-order valence-corrected chi connectivity index (χ4v) is 2.68. The molecule has 0 fully saturated rings. The van der Waals surface area contributed by atoms with Crippen molar-refractivity contribution in [1.29, 1.82) is 0 Å². The second-order valence-electron chi connectivity index (χ2n) is 5.04. The van der Waals surface area contributed by atoms with Crippen LogP contribution in [0.1, 0.15) is 21.5 Å². The van der Waals surface area contributed by atoms with Crippen molar-refractivity contribution in [3.8, 4) is 5.75 Å². The second-order valence-corrected chi connectivity index (χ2v) is 5.04. The van der Waals surface area contributed by atoms with Crippen LogP contribution in [0.4, 0.5) is 5.69 Å². The predicted molar refractivity (Wildman–Crippen MR) is 79.6 cm³/mol. The van der Waals surface area contributed by atoms with Crippen molar-refractivity contribution in [3.05, 3.63) is 59.2 Å². The third-order valence-corrected chi connectivity index (χ3v) is 3.72. The van der Waals surface area contributed by atoms with E-state index < -0.39 is 0 Å². The van der Waals surface area contributed by atoms with E-state index in [0.29, 0.717) is 11.3 Å². The Hall–Kier alpha value is -2.29. The maximum absolute atomic E-state index is 12.8. The smallest absolute Gasteiger partial charge is 0.262 e. The molecule has 0 bridgehead atoms. The summed E-state index contributed by atoms with van der Waals surface area (Å²) in [5.74, 6) is 0.639. The third-order valence-electron chi connectivity index (χ3n) is 3.72. The Labute approximate surface area is 118 Å². The summed E-state index contributed by atoms with van der Waals surface area (Å²) in [4.78, 5) is 14.6. The van der Waals surface area contributed by atoms with Crippen molar-refractivity contribution in [1.82, 2.24) is 0 Å². The lowest BCUT2D eigenvalue weighted by molar-refractivity contribution is 0.0986. The summed E-state index contributed by atoms with van der Waals surface area (Å²) in [7, 11) is 1.60. The largest absolute Gasteiger partial charge is 0.496 e. The first-order valence-electron chi connectivity index (χ1n) is 6.75. The Balaban J connectivity index is 2.00. The molecule has 0 saturated carbocycles. The fourth-order valence-electron chi connectivity index (χ4n) is 2.68. The van der Waals surface area contributed by atoms with Crippen molar-refractivity contribution in [2.24, 2.45) is 0 Å². The van der Waals surface area contributed by atoms with E-state index in [1.807, 2.05) is 48.2 Å². The van der Waals surface area contributed by atoms with Crippen LogP contribution in [0.2, 0.25) is 0 Å². The number of fused-ring (bicyclic) bond motifs is 1. The quantitative estimate of drug-likeness (QED) is 0.836. The van der Waals surface area contributed by atoms with Gasteiger partial charge in [-0.05, 0) is 37.1 Å². The molecule has 0 radical (unpaired) electrons. The number of benzene rings is 2. The molecule has 0 saturated heterocycles. The first kappa shape index (κ1) is 12.7. The van der Waals surface area contributed by atoms with E-state index in [1.54, 1.807) is 7.11 Å². The monoisotopic (exact) mass is 267 g/mol. The molecule has 0 aromatic heterocycles. The molecule has 0 aliphatic carbocycles. The maximum atomic E-state index is 12.8. The molecule has 2 aromatic rings. The molecule has 102 valence electrons. The number of carbonyl (C=O) groups excluding carboxylic acids is 1. The van der Waals surface area contributed by atoms with Gasteiger partial charge >= 0.3 is 0 Å². The summed E-state index contributed by atoms with van der Waals surface area (Å²) in [6, 6.07) is 13.8. The summed E-state index contributed by atoms with van der Waals surface area (Å²) in [6.07, 6.45) is 0.913. The number of amides is 1. The zero-order chi connectivity index (χ0) is 14.1. The molecule has 0 N–H and O–H groups in total. The minimum absolute atomic E-state index is 0.00972. The molecule has 1 aliphatic rings. The van der Waals surface area contributed by atoms with Gasteiger partial charge in [0.05, 0.1) is 12.7 Å². The number of carbonyl (C=O) groups is 1. The maximum Gasteiger partial charge on any atom is 0.262 e. The number of hydrogen-bond acceptors (Lipinski definition) is 2. The van der Waals surface area contributed by atoms with Crippen LogP contribution in [0.5, 0.6) is 5.75 Å².